The molecule has 3 fully saturated rings. The number of aliphatic hydroxyl groups is 7. The fraction of sp³-hybridized carbons (Fsp3) is 0.754. The van der Waals surface area contributed by atoms with Gasteiger partial charge in [0.25, 0.3) is 0 Å². The van der Waals surface area contributed by atoms with E-state index in [1.54, 1.807) is 13.8 Å². The molecule has 0 bridgehead atoms. The smallest absolute Gasteiger partial charge is 0.248 e. The summed E-state index contributed by atoms with van der Waals surface area (Å²) in [5, 5.41) is 113. The molecule has 0 aromatic heterocycles. The molecule has 3 heterocycles. The minimum Gasteiger partial charge on any atom is -0.508 e. The van der Waals surface area contributed by atoms with Crippen LogP contribution < -0.4 is 48.3 Å². The van der Waals surface area contributed by atoms with E-state index in [0.29, 0.717) is 36.8 Å². The lowest BCUT2D eigenvalue weighted by atomic mass is 9.86. The summed E-state index contributed by atoms with van der Waals surface area (Å²) in [5.74, 6) is -9.68. The molecule has 29 nitrogen and oxygen atoms in total. The highest BCUT2D eigenvalue weighted by atomic mass is 32.2. The number of phenolic OH excluding ortho intramolecular Hbond substituents is 1. The molecule has 0 aliphatic carbocycles. The molecule has 1 aromatic carbocycles. The zero-order chi connectivity index (χ0) is 70.6. The van der Waals surface area contributed by atoms with Crippen molar-refractivity contribution in [2.45, 2.75) is 242 Å². The zero-order valence-electron chi connectivity index (χ0n) is 56.2. The van der Waals surface area contributed by atoms with E-state index in [9.17, 15) is 79.2 Å². The maximum absolute atomic E-state index is 15.2. The van der Waals surface area contributed by atoms with E-state index in [1.807, 2.05) is 6.26 Å². The van der Waals surface area contributed by atoms with Gasteiger partial charge in [-0.2, -0.15) is 11.8 Å². The van der Waals surface area contributed by atoms with Gasteiger partial charge in [-0.3, -0.25) is 53.3 Å². The number of amides is 9. The first-order chi connectivity index (χ1) is 45.1. The molecule has 538 valence electrons. The minimum absolute atomic E-state index is 0.0573. The Morgan fingerprint density at radius 3 is 2.03 bits per heavy atom. The van der Waals surface area contributed by atoms with Crippen molar-refractivity contribution < 1.29 is 88.8 Å². The van der Waals surface area contributed by atoms with Crippen LogP contribution >= 0.6 is 11.8 Å². The average Bonchev–Trinajstić information content (AvgIpc) is 1.73. The van der Waals surface area contributed by atoms with Crippen molar-refractivity contribution >= 4 is 71.2 Å². The quantitative estimate of drug-likeness (QED) is 0.0271. The predicted octanol–water partition coefficient (Wildman–Crippen LogP) is -1.67. The predicted molar refractivity (Wildman–Crippen MR) is 353 cm³/mol. The maximum Gasteiger partial charge on any atom is 0.248 e. The summed E-state index contributed by atoms with van der Waals surface area (Å²) in [6.07, 6.45) is -6.64. The van der Waals surface area contributed by atoms with Crippen LogP contribution in [0.25, 0.3) is 0 Å². The van der Waals surface area contributed by atoms with Gasteiger partial charge in [0, 0.05) is 58.4 Å². The van der Waals surface area contributed by atoms with Gasteiger partial charge in [-0.25, -0.2) is 0 Å². The molecular weight excluding hydrogens is 1250 g/mol. The molecule has 0 unspecified atom stereocenters. The van der Waals surface area contributed by atoms with Crippen molar-refractivity contribution in [1.29, 1.82) is 0 Å². The van der Waals surface area contributed by atoms with Gasteiger partial charge in [0.05, 0.1) is 48.6 Å². The lowest BCUT2D eigenvalue weighted by Crippen LogP contribution is -2.63. The zero-order valence-corrected chi connectivity index (χ0v) is 57.0. The Bertz CT molecular complexity index is 2630. The number of carbonyl (C=O) groups excluding carboxylic acids is 10. The molecule has 0 saturated carbocycles. The maximum atomic E-state index is 15.2. The number of carbonyl (C=O) groups is 10. The average molecular weight is 1360 g/mol. The number of benzene rings is 1. The molecule has 4 rings (SSSR count). The fourth-order valence-electron chi connectivity index (χ4n) is 12.4. The van der Waals surface area contributed by atoms with Gasteiger partial charge in [-0.15, -0.1) is 0 Å². The van der Waals surface area contributed by atoms with Crippen molar-refractivity contribution in [1.82, 2.24) is 52.3 Å². The van der Waals surface area contributed by atoms with Crippen molar-refractivity contribution in [3.8, 4) is 5.75 Å². The Balaban J connectivity index is 1.79. The van der Waals surface area contributed by atoms with Gasteiger partial charge >= 0.3 is 0 Å². The third-order valence-electron chi connectivity index (χ3n) is 18.0. The number of aliphatic hydroxyl groups excluding tert-OH is 7. The van der Waals surface area contributed by atoms with Crippen LogP contribution in [0.15, 0.2) is 24.3 Å². The number of rotatable bonds is 34. The minimum atomic E-state index is -2.28. The molecular formula is C65H109N11O18S. The summed E-state index contributed by atoms with van der Waals surface area (Å²) >= 11 is 1.43. The number of ketones is 1. The van der Waals surface area contributed by atoms with Crippen LogP contribution in [0, 0.1) is 23.7 Å². The first-order valence-electron chi connectivity index (χ1n) is 33.7. The highest BCUT2D eigenvalue weighted by Crippen LogP contribution is 2.31. The van der Waals surface area contributed by atoms with Crippen LogP contribution in [0.5, 0.6) is 5.75 Å². The van der Waals surface area contributed by atoms with Crippen molar-refractivity contribution in [3.05, 3.63) is 29.8 Å². The first-order valence-corrected chi connectivity index (χ1v) is 35.1. The third kappa shape index (κ3) is 25.7. The summed E-state index contributed by atoms with van der Waals surface area (Å²) in [6, 6.07) is -6.68. The summed E-state index contributed by atoms with van der Waals surface area (Å²) < 4.78 is 0. The monoisotopic (exact) mass is 1360 g/mol. The normalized spacial score (nSPS) is 26.1. The molecule has 3 aliphatic rings. The standard InChI is InChI=1S/C65H109N11O18S/c1-8-37(4)30-38(5)15-13-11-9-10-12-14-16-52(85)70-46-33-51(84)58(67-26-24-66)74-63(92)55-49(82)22-27-75(55)65(94)54(48(81)21-25-68-60(89)45(29-36(2)3)71-61(90)44(69-35-77)23-28-95-7)73-59(88)43(57(87)56(86)40-17-19-41(79)20-18-40)32-50(83)47-31-42(80)34-76(47)64(93)53(39(6)78)72-62(46)91/h17-20,35-39,42-49,51,53-58,67,78-82,84,86-87H,8-16,21-34,66H2,1-7H3,(H,68,89)(H,69,77)(H,70,85)(H,71,90)(H,72,91)(H,73,88)(H,74,92)/t37-,38+,39+,42+,43-,44-,45-,46-,47-,48+,49-,51+,53-,54-,55-,56-,57-,58-/m0/s1. The summed E-state index contributed by atoms with van der Waals surface area (Å²) in [4.78, 5) is 143. The number of hydrogen-bond acceptors (Lipinski definition) is 21. The second-order valence-corrected chi connectivity index (χ2v) is 27.4. The summed E-state index contributed by atoms with van der Waals surface area (Å²) in [5.41, 5.74) is 5.78. The van der Waals surface area contributed by atoms with E-state index in [2.05, 4.69) is 63.3 Å². The second kappa shape index (κ2) is 41.2. The van der Waals surface area contributed by atoms with E-state index in [4.69, 9.17) is 5.73 Å². The number of unbranched alkanes of at least 4 members (excludes halogenated alkanes) is 5. The van der Waals surface area contributed by atoms with Gasteiger partial charge in [-0.05, 0) is 92.9 Å². The van der Waals surface area contributed by atoms with Crippen LogP contribution in [0.4, 0.5) is 0 Å². The molecule has 18 N–H and O–H groups in total. The molecule has 1 aromatic rings. The number of Topliss-reactive ketones (excluding diaryl/α,β-unsaturated/α-hetero) is 1. The largest absolute Gasteiger partial charge is 0.508 e. The van der Waals surface area contributed by atoms with E-state index >= 15 is 9.59 Å². The second-order valence-electron chi connectivity index (χ2n) is 26.4. The third-order valence-corrected chi connectivity index (χ3v) is 18.7. The SMILES string of the molecule is CC[C@H](C)C[C@H](C)CCCCCCCCC(=O)N[C@H]1C[C@@H](O)[C@@H](NCCN)NC(=O)[C@@H]2[C@@H](O)CCN2C(=O)[C@H]([C@H](O)CCNC(=O)[C@H](CC(C)C)NC(=O)[C@H](CCSC)NC=O)NC(=O)[C@H]([C@H](O)[C@@H](O)c2ccc(O)cc2)CC(=O)[C@@H]2C[C@@H](O)CN2C(=O)[C@H]([C@@H](C)O)NC1=O. The summed E-state index contributed by atoms with van der Waals surface area (Å²) in [7, 11) is 0. The first kappa shape index (κ1) is 81.3. The van der Waals surface area contributed by atoms with Gasteiger partial charge in [0.1, 0.15) is 54.3 Å². The van der Waals surface area contributed by atoms with Crippen LogP contribution in [0.2, 0.25) is 0 Å². The number of phenols is 1. The van der Waals surface area contributed by atoms with Crippen LogP contribution in [0.3, 0.4) is 0 Å². The molecule has 0 radical (unpaired) electrons. The number of nitrogens with one attached hydrogen (secondary N) is 8. The Hall–Kier alpha value is -6.09. The molecule has 9 amide bonds. The van der Waals surface area contributed by atoms with Gasteiger partial charge in [0.15, 0.2) is 5.78 Å². The number of hydrogen-bond donors (Lipinski definition) is 17. The topological polar surface area (TPSA) is 461 Å². The van der Waals surface area contributed by atoms with E-state index < -0.39 is 195 Å². The molecule has 95 heavy (non-hydrogen) atoms. The summed E-state index contributed by atoms with van der Waals surface area (Å²) in [6.45, 7) is 9.87. The Kier molecular flexibility index (Phi) is 35.3. The van der Waals surface area contributed by atoms with Gasteiger partial charge < -0.3 is 93.6 Å². The Morgan fingerprint density at radius 1 is 0.747 bits per heavy atom. The van der Waals surface area contributed by atoms with Crippen LogP contribution in [-0.4, -0.2) is 240 Å². The van der Waals surface area contributed by atoms with E-state index in [0.717, 1.165) is 67.4 Å². The highest BCUT2D eigenvalue weighted by molar-refractivity contribution is 7.98. The molecule has 3 aliphatic heterocycles. The van der Waals surface area contributed by atoms with Crippen molar-refractivity contribution in [3.63, 3.8) is 0 Å². The number of thioether (sulfide) groups is 1. The molecule has 18 atom stereocenters. The Labute approximate surface area is 561 Å². The highest BCUT2D eigenvalue weighted by Gasteiger charge is 2.49. The number of fused-ring (bicyclic) bond motifs is 2. The van der Waals surface area contributed by atoms with E-state index in [-0.39, 0.29) is 56.0 Å². The van der Waals surface area contributed by atoms with Crippen LogP contribution in [0.1, 0.15) is 162 Å². The molecule has 3 saturated heterocycles. The molecule has 30 heteroatoms. The van der Waals surface area contributed by atoms with E-state index in [1.165, 1.54) is 30.3 Å². The molecule has 0 spiro atoms. The van der Waals surface area contributed by atoms with Crippen LogP contribution in [-0.2, 0) is 47.9 Å². The number of nitrogens with zero attached hydrogens (tertiary/aromatic N) is 2. The number of aromatic hydroxyl groups is 1. The number of nitrogens with two attached hydrogens (primary N) is 1. The van der Waals surface area contributed by atoms with Crippen molar-refractivity contribution in [2.75, 3.05) is 44.7 Å². The fourth-order valence-corrected chi connectivity index (χ4v) is 12.9. The van der Waals surface area contributed by atoms with Crippen molar-refractivity contribution in [2.24, 2.45) is 29.4 Å². The Morgan fingerprint density at radius 2 is 1.40 bits per heavy atom. The van der Waals surface area contributed by atoms with Gasteiger partial charge in [0.2, 0.25) is 53.7 Å². The lowest BCUT2D eigenvalue weighted by molar-refractivity contribution is -0.149. The van der Waals surface area contributed by atoms with Gasteiger partial charge in [-0.1, -0.05) is 91.7 Å². The lowest BCUT2D eigenvalue weighted by Gasteiger charge is -2.35.